The van der Waals surface area contributed by atoms with E-state index in [0.29, 0.717) is 18.8 Å². The van der Waals surface area contributed by atoms with Crippen LogP contribution in [-0.2, 0) is 11.3 Å². The number of nitriles is 1. The third-order valence-electron chi connectivity index (χ3n) is 4.72. The Balaban J connectivity index is 1.64. The van der Waals surface area contributed by atoms with E-state index in [-0.39, 0.29) is 0 Å². The topological polar surface area (TPSA) is 33.0 Å². The molecular weight excluding hydrogens is 330 g/mol. The zero-order chi connectivity index (χ0) is 18.5. The van der Waals surface area contributed by atoms with Gasteiger partial charge in [-0.15, -0.1) is 0 Å². The average Bonchev–Trinajstić information content (AvgIpc) is 2.74. The van der Waals surface area contributed by atoms with Crippen molar-refractivity contribution in [3.05, 3.63) is 102 Å². The van der Waals surface area contributed by atoms with Gasteiger partial charge in [-0.3, -0.25) is 0 Å². The lowest BCUT2D eigenvalue weighted by atomic mass is 9.92. The Morgan fingerprint density at radius 1 is 0.741 bits per heavy atom. The van der Waals surface area contributed by atoms with Crippen molar-refractivity contribution in [2.24, 2.45) is 0 Å². The summed E-state index contributed by atoms with van der Waals surface area (Å²) in [7, 11) is 0. The summed E-state index contributed by atoms with van der Waals surface area (Å²) >= 11 is 0. The molecule has 4 aromatic rings. The normalized spacial score (nSPS) is 11.2. The van der Waals surface area contributed by atoms with E-state index < -0.39 is 0 Å². The van der Waals surface area contributed by atoms with Gasteiger partial charge >= 0.3 is 0 Å². The van der Waals surface area contributed by atoms with Crippen LogP contribution in [0.5, 0.6) is 0 Å². The van der Waals surface area contributed by atoms with E-state index in [1.807, 2.05) is 60.7 Å². The number of rotatable bonds is 5. The molecule has 0 aliphatic carbocycles. The highest BCUT2D eigenvalue weighted by atomic mass is 16.5. The molecule has 0 N–H and O–H groups in total. The predicted octanol–water partition coefficient (Wildman–Crippen LogP) is 6.09. The van der Waals surface area contributed by atoms with Crippen molar-refractivity contribution < 1.29 is 4.74 Å². The molecule has 0 aliphatic rings. The molecule has 130 valence electrons. The van der Waals surface area contributed by atoms with Gasteiger partial charge in [0.05, 0.1) is 18.8 Å². The van der Waals surface area contributed by atoms with Gasteiger partial charge in [-0.1, -0.05) is 91.0 Å². The van der Waals surface area contributed by atoms with Crippen molar-refractivity contribution in [2.75, 3.05) is 6.61 Å². The molecular formula is C25H19NO. The molecule has 0 saturated carbocycles. The van der Waals surface area contributed by atoms with Crippen LogP contribution in [0.25, 0.3) is 27.6 Å². The highest BCUT2D eigenvalue weighted by Gasteiger charge is 2.13. The lowest BCUT2D eigenvalue weighted by Crippen LogP contribution is -1.99. The van der Waals surface area contributed by atoms with Gasteiger partial charge in [0.2, 0.25) is 0 Å². The van der Waals surface area contributed by atoms with Crippen molar-refractivity contribution in [3.63, 3.8) is 0 Å². The molecule has 0 fully saturated rings. The molecule has 4 rings (SSSR count). The molecule has 27 heavy (non-hydrogen) atoms. The maximum Gasteiger partial charge on any atom is 0.100 e. The van der Waals surface area contributed by atoms with E-state index in [0.717, 1.165) is 32.7 Å². The molecule has 0 amide bonds. The zero-order valence-electron chi connectivity index (χ0n) is 14.9. The van der Waals surface area contributed by atoms with Crippen molar-refractivity contribution in [2.45, 2.75) is 6.61 Å². The summed E-state index contributed by atoms with van der Waals surface area (Å²) in [5.74, 6) is 0. The van der Waals surface area contributed by atoms with E-state index >= 15 is 0 Å². The number of hydrogen-bond acceptors (Lipinski definition) is 2. The van der Waals surface area contributed by atoms with Crippen molar-refractivity contribution >= 4 is 27.6 Å². The fourth-order valence-corrected chi connectivity index (χ4v) is 3.47. The second kappa shape index (κ2) is 7.86. The minimum absolute atomic E-state index is 0.410. The lowest BCUT2D eigenvalue weighted by Gasteiger charge is -2.13. The molecule has 0 heterocycles. The van der Waals surface area contributed by atoms with Crippen molar-refractivity contribution in [1.29, 1.82) is 5.26 Å². The quantitative estimate of drug-likeness (QED) is 0.322. The van der Waals surface area contributed by atoms with E-state index in [4.69, 9.17) is 4.74 Å². The monoisotopic (exact) mass is 349 g/mol. The molecule has 4 aromatic carbocycles. The van der Waals surface area contributed by atoms with E-state index in [1.54, 1.807) is 0 Å². The molecule has 0 bridgehead atoms. The molecule has 0 spiro atoms. The minimum atomic E-state index is 0.410. The first-order valence-corrected chi connectivity index (χ1v) is 9.00. The molecule has 0 aliphatic heterocycles. The molecule has 2 heteroatoms. The van der Waals surface area contributed by atoms with Gasteiger partial charge in [0.25, 0.3) is 0 Å². The van der Waals surface area contributed by atoms with Crippen LogP contribution in [0.1, 0.15) is 16.7 Å². The Morgan fingerprint density at radius 2 is 1.33 bits per heavy atom. The Labute approximate surface area is 158 Å². The zero-order valence-corrected chi connectivity index (χ0v) is 14.9. The smallest absolute Gasteiger partial charge is 0.100 e. The predicted molar refractivity (Wildman–Crippen MR) is 111 cm³/mol. The van der Waals surface area contributed by atoms with Crippen LogP contribution in [0.3, 0.4) is 0 Å². The van der Waals surface area contributed by atoms with Gasteiger partial charge < -0.3 is 4.74 Å². The lowest BCUT2D eigenvalue weighted by molar-refractivity contribution is 0.150. The third-order valence-corrected chi connectivity index (χ3v) is 4.72. The van der Waals surface area contributed by atoms with Gasteiger partial charge in [-0.2, -0.15) is 5.26 Å². The Morgan fingerprint density at radius 3 is 2.04 bits per heavy atom. The van der Waals surface area contributed by atoms with E-state index in [2.05, 4.69) is 36.4 Å². The minimum Gasteiger partial charge on any atom is -0.373 e. The molecule has 0 aromatic heterocycles. The number of ether oxygens (including phenoxy) is 1. The third kappa shape index (κ3) is 3.46. The Kier molecular flexibility index (Phi) is 4.96. The van der Waals surface area contributed by atoms with Crippen molar-refractivity contribution in [3.8, 4) is 6.07 Å². The molecule has 0 radical (unpaired) electrons. The average molecular weight is 349 g/mol. The largest absolute Gasteiger partial charge is 0.373 e. The molecule has 2 nitrogen and oxygen atoms in total. The number of hydrogen-bond donors (Lipinski definition) is 0. The summed E-state index contributed by atoms with van der Waals surface area (Å²) in [6.45, 7) is 0.911. The SMILES string of the molecule is N#Cc1c(COC/C=C/c2ccccc2)c2ccccc2c2ccccc12. The Bertz CT molecular complexity index is 1150. The van der Waals surface area contributed by atoms with Crippen molar-refractivity contribution in [1.82, 2.24) is 0 Å². The van der Waals surface area contributed by atoms with Gasteiger partial charge in [0.15, 0.2) is 0 Å². The van der Waals surface area contributed by atoms with Gasteiger partial charge in [0.1, 0.15) is 6.07 Å². The van der Waals surface area contributed by atoms with Crippen LogP contribution in [0.4, 0.5) is 0 Å². The van der Waals surface area contributed by atoms with Crippen LogP contribution in [0.15, 0.2) is 84.9 Å². The van der Waals surface area contributed by atoms with Crippen LogP contribution < -0.4 is 0 Å². The first-order chi connectivity index (χ1) is 13.4. The first kappa shape index (κ1) is 17.0. The van der Waals surface area contributed by atoms with Crippen LogP contribution >= 0.6 is 0 Å². The summed E-state index contributed by atoms with van der Waals surface area (Å²) in [4.78, 5) is 0. The maximum atomic E-state index is 9.81. The van der Waals surface area contributed by atoms with Gasteiger partial charge in [-0.25, -0.2) is 0 Å². The second-order valence-electron chi connectivity index (χ2n) is 6.38. The summed E-state index contributed by atoms with van der Waals surface area (Å²) in [6, 6.07) is 28.9. The van der Waals surface area contributed by atoms with E-state index in [9.17, 15) is 5.26 Å². The standard InChI is InChI=1S/C25H19NO/c26-17-24-22-14-6-4-12-20(22)21-13-5-7-15-23(21)25(24)18-27-16-8-11-19-9-2-1-3-10-19/h1-15H,16,18H2/b11-8+. The van der Waals surface area contributed by atoms with Crippen LogP contribution in [0.2, 0.25) is 0 Å². The summed E-state index contributed by atoms with van der Waals surface area (Å²) in [5.41, 5.74) is 2.81. The van der Waals surface area contributed by atoms with Crippen LogP contribution in [0, 0.1) is 11.3 Å². The Hall–Kier alpha value is -3.41. The van der Waals surface area contributed by atoms with Crippen LogP contribution in [-0.4, -0.2) is 6.61 Å². The highest BCUT2D eigenvalue weighted by molar-refractivity contribution is 6.11. The fraction of sp³-hybridized carbons (Fsp3) is 0.0800. The van der Waals surface area contributed by atoms with Gasteiger partial charge in [0, 0.05) is 10.9 Å². The highest BCUT2D eigenvalue weighted by Crippen LogP contribution is 2.32. The number of benzene rings is 4. The molecule has 0 atom stereocenters. The number of nitrogens with zero attached hydrogens (tertiary/aromatic N) is 1. The first-order valence-electron chi connectivity index (χ1n) is 9.00. The summed E-state index contributed by atoms with van der Waals surface area (Å²) < 4.78 is 5.90. The van der Waals surface area contributed by atoms with E-state index in [1.165, 1.54) is 0 Å². The maximum absolute atomic E-state index is 9.81. The summed E-state index contributed by atoms with van der Waals surface area (Å²) in [5, 5.41) is 14.1. The van der Waals surface area contributed by atoms with Gasteiger partial charge in [-0.05, 0) is 21.7 Å². The second-order valence-corrected chi connectivity index (χ2v) is 6.38. The molecule has 0 unspecified atom stereocenters. The fourth-order valence-electron chi connectivity index (χ4n) is 3.47. The molecule has 0 saturated heterocycles. The number of fused-ring (bicyclic) bond motifs is 3. The summed E-state index contributed by atoms with van der Waals surface area (Å²) in [6.07, 6.45) is 4.05.